The number of allylic oxidation sites excluding steroid dienone is 12. The Morgan fingerprint density at radius 2 is 0.863 bits per heavy atom. The fraction of sp³-hybridized carbons (Fsp3) is 0.738. The van der Waals surface area contributed by atoms with Crippen molar-refractivity contribution < 1.29 is 58.2 Å². The molecule has 6 unspecified atom stereocenters. The maximum absolute atomic E-state index is 13.1. The van der Waals surface area contributed by atoms with E-state index in [0.717, 1.165) is 109 Å². The molecule has 0 spiro atoms. The summed E-state index contributed by atoms with van der Waals surface area (Å²) in [5.74, 6) is -3.19. The number of aliphatic carboxylic acids is 1. The Labute approximate surface area is 442 Å². The molecule has 1 heterocycles. The predicted octanol–water partition coefficient (Wildman–Crippen LogP) is 14.6. The molecule has 418 valence electrons. The molecule has 0 saturated carbocycles. The number of hydrogen-bond acceptors (Lipinski definition) is 11. The first-order valence-corrected chi connectivity index (χ1v) is 28.9. The lowest BCUT2D eigenvalue weighted by Gasteiger charge is -2.40. The molecule has 1 aliphatic heterocycles. The summed E-state index contributed by atoms with van der Waals surface area (Å²) in [6.45, 7) is 5.80. The van der Waals surface area contributed by atoms with Crippen LogP contribution in [0, 0.1) is 0 Å². The third-order valence-corrected chi connectivity index (χ3v) is 12.8. The van der Waals surface area contributed by atoms with Gasteiger partial charge in [-0.2, -0.15) is 0 Å². The molecule has 12 heteroatoms. The van der Waals surface area contributed by atoms with Gasteiger partial charge in [0.05, 0.1) is 6.61 Å². The second-order valence-electron chi connectivity index (χ2n) is 19.5. The van der Waals surface area contributed by atoms with E-state index in [1.165, 1.54) is 70.6 Å². The lowest BCUT2D eigenvalue weighted by atomic mass is 9.98. The normalized spacial score (nSPS) is 18.8. The van der Waals surface area contributed by atoms with Crippen LogP contribution >= 0.6 is 0 Å². The number of hydrogen-bond donors (Lipinski definition) is 3. The highest BCUT2D eigenvalue weighted by atomic mass is 16.7. The van der Waals surface area contributed by atoms with Crippen LogP contribution in [0.15, 0.2) is 72.9 Å². The van der Waals surface area contributed by atoms with E-state index < -0.39 is 67.3 Å². The molecular weight excluding hydrogens is 925 g/mol. The number of ether oxygens (including phenoxy) is 5. The first-order chi connectivity index (χ1) is 35.6. The van der Waals surface area contributed by atoms with Gasteiger partial charge in [0.1, 0.15) is 18.8 Å². The summed E-state index contributed by atoms with van der Waals surface area (Å²) in [4.78, 5) is 51.0. The van der Waals surface area contributed by atoms with Crippen LogP contribution in [0.2, 0.25) is 0 Å². The smallest absolute Gasteiger partial charge is 0.335 e. The summed E-state index contributed by atoms with van der Waals surface area (Å²) in [6, 6.07) is 0. The van der Waals surface area contributed by atoms with Crippen molar-refractivity contribution in [1.29, 1.82) is 0 Å². The minimum absolute atomic E-state index is 0.0555. The van der Waals surface area contributed by atoms with Gasteiger partial charge in [-0.25, -0.2) is 4.79 Å². The minimum atomic E-state index is -1.91. The molecule has 1 saturated heterocycles. The molecule has 12 nitrogen and oxygen atoms in total. The van der Waals surface area contributed by atoms with E-state index in [2.05, 4.69) is 93.7 Å². The molecule has 3 N–H and O–H groups in total. The molecule has 0 aromatic carbocycles. The highest BCUT2D eigenvalue weighted by molar-refractivity contribution is 5.74. The number of aliphatic hydroxyl groups excluding tert-OH is 2. The Morgan fingerprint density at radius 3 is 1.37 bits per heavy atom. The van der Waals surface area contributed by atoms with Gasteiger partial charge in [0.2, 0.25) is 0 Å². The SMILES string of the molecule is CC/C=C\C/C=C\C/C=C\C/C=C\CCCCC(=O)OCC(COC1OC(C(=O)O)C(O)C(O)C1OC(=O)CCCCCCCCCCCCCCC)OC(=O)CCCCCCC/C=C\C/C=C\CCCCC. The zero-order chi connectivity index (χ0) is 53.3. The van der Waals surface area contributed by atoms with Crippen molar-refractivity contribution in [2.45, 2.75) is 276 Å². The average molecular weight is 1030 g/mol. The van der Waals surface area contributed by atoms with Gasteiger partial charge in [0.15, 0.2) is 24.6 Å². The Kier molecular flexibility index (Phi) is 45.1. The zero-order valence-electron chi connectivity index (χ0n) is 45.9. The minimum Gasteiger partial charge on any atom is -0.479 e. The molecular formula is C61H102O12. The molecule has 0 aromatic heterocycles. The van der Waals surface area contributed by atoms with Crippen molar-refractivity contribution in [2.75, 3.05) is 13.2 Å². The standard InChI is InChI=1S/C61H102O12/c1-4-7-10-13-16-19-22-25-27-30-32-35-38-41-44-47-53(62)69-50-52(71-54(63)48-45-42-39-36-34-31-28-26-23-20-17-14-11-8-5-2)51-70-61-59(57(66)56(65)58(73-61)60(67)68)72-55(64)49-46-43-40-37-33-29-24-21-18-15-12-9-6-3/h7,10,16-17,19-20,25-28,32,35,52,56-59,61,65-66H,4-6,8-9,11-15,18,21-24,29-31,33-34,36-51H2,1-3H3,(H,67,68)/b10-7-,19-16-,20-17-,27-25-,28-26-,35-32-. The molecule has 1 rings (SSSR count). The van der Waals surface area contributed by atoms with E-state index in [9.17, 15) is 34.5 Å². The van der Waals surface area contributed by atoms with Crippen LogP contribution < -0.4 is 0 Å². The monoisotopic (exact) mass is 1030 g/mol. The van der Waals surface area contributed by atoms with Crippen LogP contribution in [0.1, 0.15) is 239 Å². The Bertz CT molecular complexity index is 1550. The largest absolute Gasteiger partial charge is 0.479 e. The van der Waals surface area contributed by atoms with Crippen molar-refractivity contribution in [3.8, 4) is 0 Å². The summed E-state index contributed by atoms with van der Waals surface area (Å²) >= 11 is 0. The van der Waals surface area contributed by atoms with Crippen molar-refractivity contribution in [1.82, 2.24) is 0 Å². The first-order valence-electron chi connectivity index (χ1n) is 28.9. The number of carbonyl (C=O) groups is 4. The molecule has 1 aliphatic rings. The molecule has 1 fully saturated rings. The molecule has 6 atom stereocenters. The topological polar surface area (TPSA) is 175 Å². The highest BCUT2D eigenvalue weighted by Crippen LogP contribution is 2.26. The second-order valence-corrected chi connectivity index (χ2v) is 19.5. The first kappa shape index (κ1) is 67.2. The van der Waals surface area contributed by atoms with Gasteiger partial charge in [-0.15, -0.1) is 0 Å². The van der Waals surface area contributed by atoms with Crippen LogP contribution in [0.3, 0.4) is 0 Å². The molecule has 0 aromatic rings. The van der Waals surface area contributed by atoms with Crippen molar-refractivity contribution in [3.63, 3.8) is 0 Å². The van der Waals surface area contributed by atoms with E-state index in [0.29, 0.717) is 19.3 Å². The Balaban J connectivity index is 2.74. The van der Waals surface area contributed by atoms with E-state index >= 15 is 0 Å². The third-order valence-electron chi connectivity index (χ3n) is 12.8. The van der Waals surface area contributed by atoms with Crippen LogP contribution in [-0.4, -0.2) is 89.2 Å². The number of carboxylic acids is 1. The summed E-state index contributed by atoms with van der Waals surface area (Å²) in [6.07, 6.45) is 48.7. The molecule has 0 amide bonds. The van der Waals surface area contributed by atoms with Gasteiger partial charge in [-0.1, -0.05) is 203 Å². The fourth-order valence-electron chi connectivity index (χ4n) is 8.33. The average Bonchev–Trinajstić information content (AvgIpc) is 3.37. The van der Waals surface area contributed by atoms with Gasteiger partial charge in [-0.05, 0) is 89.9 Å². The van der Waals surface area contributed by atoms with E-state index in [1.54, 1.807) is 0 Å². The highest BCUT2D eigenvalue weighted by Gasteiger charge is 2.50. The lowest BCUT2D eigenvalue weighted by Crippen LogP contribution is -2.61. The van der Waals surface area contributed by atoms with Gasteiger partial charge in [0, 0.05) is 19.3 Å². The Hall–Kier alpha value is -3.84. The fourth-order valence-corrected chi connectivity index (χ4v) is 8.33. The number of aliphatic hydroxyl groups is 2. The van der Waals surface area contributed by atoms with Crippen molar-refractivity contribution in [3.05, 3.63) is 72.9 Å². The Morgan fingerprint density at radius 1 is 0.466 bits per heavy atom. The van der Waals surface area contributed by atoms with E-state index in [-0.39, 0.29) is 25.9 Å². The maximum atomic E-state index is 13.1. The van der Waals surface area contributed by atoms with Crippen molar-refractivity contribution in [2.24, 2.45) is 0 Å². The summed E-state index contributed by atoms with van der Waals surface area (Å²) in [5, 5.41) is 31.4. The van der Waals surface area contributed by atoms with Crippen LogP contribution in [0.25, 0.3) is 0 Å². The van der Waals surface area contributed by atoms with Gasteiger partial charge >= 0.3 is 23.9 Å². The van der Waals surface area contributed by atoms with Crippen LogP contribution in [-0.2, 0) is 42.9 Å². The van der Waals surface area contributed by atoms with E-state index in [4.69, 9.17) is 23.7 Å². The van der Waals surface area contributed by atoms with Crippen molar-refractivity contribution >= 4 is 23.9 Å². The second kappa shape index (κ2) is 49.1. The van der Waals surface area contributed by atoms with E-state index in [1.807, 2.05) is 0 Å². The van der Waals surface area contributed by atoms with Crippen LogP contribution in [0.4, 0.5) is 0 Å². The summed E-state index contributed by atoms with van der Waals surface area (Å²) in [5.41, 5.74) is 0. The summed E-state index contributed by atoms with van der Waals surface area (Å²) in [7, 11) is 0. The number of carboxylic acid groups (broad SMARTS) is 1. The quantitative estimate of drug-likeness (QED) is 0.0228. The molecule has 0 bridgehead atoms. The molecule has 0 aliphatic carbocycles. The number of carbonyl (C=O) groups excluding carboxylic acids is 3. The van der Waals surface area contributed by atoms with Gasteiger partial charge < -0.3 is 39.0 Å². The summed E-state index contributed by atoms with van der Waals surface area (Å²) < 4.78 is 28.3. The zero-order valence-corrected chi connectivity index (χ0v) is 45.9. The third kappa shape index (κ3) is 39.3. The number of unbranched alkanes of at least 4 members (excludes halogenated alkanes) is 22. The number of esters is 3. The van der Waals surface area contributed by atoms with Gasteiger partial charge in [-0.3, -0.25) is 14.4 Å². The number of rotatable bonds is 48. The van der Waals surface area contributed by atoms with Crippen LogP contribution in [0.5, 0.6) is 0 Å². The molecule has 0 radical (unpaired) electrons. The predicted molar refractivity (Wildman–Crippen MR) is 294 cm³/mol. The lowest BCUT2D eigenvalue weighted by molar-refractivity contribution is -0.301. The molecule has 73 heavy (non-hydrogen) atoms. The maximum Gasteiger partial charge on any atom is 0.335 e. The van der Waals surface area contributed by atoms with Gasteiger partial charge in [0.25, 0.3) is 0 Å².